The van der Waals surface area contributed by atoms with Crippen molar-refractivity contribution in [1.82, 2.24) is 4.90 Å². The standard InChI is InChI=1S/C26H21F3N4O/c1-16-2-4-21(11-19(16)5-3-17-10-18-8-9-33(14-17)15-18)25(34)32-22-7-6-20(12-24(30)31)23(13-22)26(27,28)29/h2,4,6-11,13-14H,12,15H2,1H3,(H3,30,31)(H,32,34). The number of alkyl halides is 3. The maximum absolute atomic E-state index is 13.5. The summed E-state index contributed by atoms with van der Waals surface area (Å²) in [5.41, 5.74) is 8.03. The van der Waals surface area contributed by atoms with Crippen molar-refractivity contribution in [3.05, 3.63) is 99.9 Å². The molecule has 4 N–H and O–H groups in total. The van der Waals surface area contributed by atoms with Gasteiger partial charge < -0.3 is 16.0 Å². The van der Waals surface area contributed by atoms with Crippen LogP contribution >= 0.6 is 0 Å². The number of benzene rings is 2. The second-order valence-electron chi connectivity index (χ2n) is 8.10. The second-order valence-corrected chi connectivity index (χ2v) is 8.10. The normalized spacial score (nSPS) is 14.2. The molecule has 2 bridgehead atoms. The molecule has 0 saturated heterocycles. The van der Waals surface area contributed by atoms with Gasteiger partial charge in [0, 0.05) is 47.8 Å². The lowest BCUT2D eigenvalue weighted by Gasteiger charge is -2.15. The van der Waals surface area contributed by atoms with Crippen LogP contribution in [0.2, 0.25) is 0 Å². The summed E-state index contributed by atoms with van der Waals surface area (Å²) in [5.74, 6) is 5.27. The van der Waals surface area contributed by atoms with Gasteiger partial charge in [-0.05, 0) is 60.0 Å². The first-order valence-corrected chi connectivity index (χ1v) is 10.4. The number of allylic oxidation sites excluding steroid dienone is 2. The maximum Gasteiger partial charge on any atom is 0.416 e. The van der Waals surface area contributed by atoms with Gasteiger partial charge in [-0.3, -0.25) is 10.2 Å². The molecular formula is C26H21F3N4O. The van der Waals surface area contributed by atoms with Gasteiger partial charge in [-0.25, -0.2) is 0 Å². The molecule has 2 aromatic rings. The first-order chi connectivity index (χ1) is 16.1. The number of rotatable bonds is 4. The van der Waals surface area contributed by atoms with Crippen molar-refractivity contribution in [2.24, 2.45) is 5.73 Å². The largest absolute Gasteiger partial charge is 0.416 e. The third kappa shape index (κ3) is 5.21. The number of hydrogen-bond acceptors (Lipinski definition) is 3. The summed E-state index contributed by atoms with van der Waals surface area (Å²) in [7, 11) is 0. The summed E-state index contributed by atoms with van der Waals surface area (Å²) in [6.45, 7) is 2.71. The molecule has 0 fully saturated rings. The Labute approximate surface area is 195 Å². The number of nitrogens with zero attached hydrogens (tertiary/aromatic N) is 1. The van der Waals surface area contributed by atoms with Crippen LogP contribution in [-0.2, 0) is 12.6 Å². The molecule has 1 amide bonds. The molecule has 2 aliphatic rings. The van der Waals surface area contributed by atoms with E-state index >= 15 is 0 Å². The monoisotopic (exact) mass is 462 g/mol. The Kier molecular flexibility index (Phi) is 6.03. The molecular weight excluding hydrogens is 441 g/mol. The van der Waals surface area contributed by atoms with Crippen molar-refractivity contribution in [2.45, 2.75) is 19.5 Å². The number of anilines is 1. The Morgan fingerprint density at radius 3 is 2.71 bits per heavy atom. The van der Waals surface area contributed by atoms with E-state index in [1.54, 1.807) is 18.2 Å². The number of carbonyl (C=O) groups is 1. The highest BCUT2D eigenvalue weighted by atomic mass is 19.4. The molecule has 0 saturated carbocycles. The first kappa shape index (κ1) is 22.9. The number of carbonyl (C=O) groups excluding carboxylic acids is 1. The molecule has 34 heavy (non-hydrogen) atoms. The minimum absolute atomic E-state index is 0.00570. The van der Waals surface area contributed by atoms with Gasteiger partial charge in [0.2, 0.25) is 0 Å². The van der Waals surface area contributed by atoms with Crippen LogP contribution in [0.5, 0.6) is 0 Å². The van der Waals surface area contributed by atoms with Crippen LogP contribution < -0.4 is 11.1 Å². The zero-order chi connectivity index (χ0) is 24.5. The molecule has 8 heteroatoms. The van der Waals surface area contributed by atoms with Crippen molar-refractivity contribution in [2.75, 3.05) is 11.9 Å². The van der Waals surface area contributed by atoms with E-state index in [-0.39, 0.29) is 29.1 Å². The van der Waals surface area contributed by atoms with E-state index in [0.717, 1.165) is 23.7 Å². The molecule has 5 nitrogen and oxygen atoms in total. The Hall–Kier alpha value is -4.25. The molecule has 172 valence electrons. The summed E-state index contributed by atoms with van der Waals surface area (Å²) in [6.07, 6.45) is 2.98. The van der Waals surface area contributed by atoms with E-state index in [1.807, 2.05) is 36.4 Å². The molecule has 0 aliphatic carbocycles. The van der Waals surface area contributed by atoms with Gasteiger partial charge in [0.05, 0.1) is 11.4 Å². The van der Waals surface area contributed by atoms with Crippen LogP contribution in [-0.4, -0.2) is 23.2 Å². The van der Waals surface area contributed by atoms with Gasteiger partial charge >= 0.3 is 6.18 Å². The predicted octanol–water partition coefficient (Wildman–Crippen LogP) is 4.75. The fraction of sp³-hybridized carbons (Fsp3) is 0.154. The number of nitrogens with one attached hydrogen (secondary N) is 2. The van der Waals surface area contributed by atoms with E-state index in [0.29, 0.717) is 5.56 Å². The molecule has 2 heterocycles. The van der Waals surface area contributed by atoms with Crippen LogP contribution in [0, 0.1) is 24.2 Å². The van der Waals surface area contributed by atoms with Gasteiger partial charge in [0.1, 0.15) is 0 Å². The second kappa shape index (κ2) is 8.94. The number of aryl methyl sites for hydroxylation is 1. The lowest BCUT2D eigenvalue weighted by molar-refractivity contribution is -0.138. The number of fused-ring (bicyclic) bond motifs is 2. The number of amides is 1. The van der Waals surface area contributed by atoms with E-state index in [1.165, 1.54) is 17.7 Å². The molecule has 0 unspecified atom stereocenters. The lowest BCUT2D eigenvalue weighted by Crippen LogP contribution is -2.18. The maximum atomic E-state index is 13.5. The van der Waals surface area contributed by atoms with E-state index < -0.39 is 17.6 Å². The molecule has 0 aromatic heterocycles. The smallest absolute Gasteiger partial charge is 0.387 e. The fourth-order valence-corrected chi connectivity index (χ4v) is 3.69. The van der Waals surface area contributed by atoms with Crippen LogP contribution in [0.3, 0.4) is 0 Å². The highest BCUT2D eigenvalue weighted by Crippen LogP contribution is 2.34. The predicted molar refractivity (Wildman–Crippen MR) is 125 cm³/mol. The lowest BCUT2D eigenvalue weighted by atomic mass is 10.0. The average Bonchev–Trinajstić information content (AvgIpc) is 3.10. The van der Waals surface area contributed by atoms with Crippen LogP contribution in [0.25, 0.3) is 0 Å². The summed E-state index contributed by atoms with van der Waals surface area (Å²) in [6, 6.07) is 8.40. The summed E-state index contributed by atoms with van der Waals surface area (Å²) in [5, 5.41) is 9.80. The SMILES string of the molecule is Cc1ccc(C(=O)Nc2ccc(CC(=N)N)c(C(F)(F)F)c2)cc1C#CC1=CN2C=CC(=C1)C2. The van der Waals surface area contributed by atoms with Crippen molar-refractivity contribution < 1.29 is 18.0 Å². The van der Waals surface area contributed by atoms with E-state index in [4.69, 9.17) is 11.1 Å². The van der Waals surface area contributed by atoms with Crippen molar-refractivity contribution in [1.29, 1.82) is 5.41 Å². The third-order valence-electron chi connectivity index (χ3n) is 5.39. The van der Waals surface area contributed by atoms with E-state index in [9.17, 15) is 18.0 Å². The number of hydrogen-bond donors (Lipinski definition) is 3. The number of amidine groups is 1. The Morgan fingerprint density at radius 1 is 1.21 bits per heavy atom. The van der Waals surface area contributed by atoms with Crippen LogP contribution in [0.15, 0.2) is 72.1 Å². The third-order valence-corrected chi connectivity index (χ3v) is 5.39. The fourth-order valence-electron chi connectivity index (χ4n) is 3.69. The zero-order valence-corrected chi connectivity index (χ0v) is 18.3. The Bertz CT molecular complexity index is 1340. The molecule has 0 spiro atoms. The van der Waals surface area contributed by atoms with Gasteiger partial charge in [-0.2, -0.15) is 13.2 Å². The topological polar surface area (TPSA) is 82.2 Å². The minimum Gasteiger partial charge on any atom is -0.387 e. The first-order valence-electron chi connectivity index (χ1n) is 10.4. The molecule has 0 atom stereocenters. The Morgan fingerprint density at radius 2 is 2.00 bits per heavy atom. The van der Waals surface area contributed by atoms with Crippen LogP contribution in [0.4, 0.5) is 18.9 Å². The van der Waals surface area contributed by atoms with Gasteiger partial charge in [-0.1, -0.05) is 24.0 Å². The summed E-state index contributed by atoms with van der Waals surface area (Å²) in [4.78, 5) is 14.8. The summed E-state index contributed by atoms with van der Waals surface area (Å²) >= 11 is 0. The molecule has 4 rings (SSSR count). The molecule has 0 radical (unpaired) electrons. The van der Waals surface area contributed by atoms with Crippen molar-refractivity contribution in [3.8, 4) is 11.8 Å². The highest BCUT2D eigenvalue weighted by Gasteiger charge is 2.33. The van der Waals surface area contributed by atoms with Crippen molar-refractivity contribution >= 4 is 17.4 Å². The molecule has 2 aliphatic heterocycles. The van der Waals surface area contributed by atoms with E-state index in [2.05, 4.69) is 17.2 Å². The van der Waals surface area contributed by atoms with Gasteiger partial charge in [0.25, 0.3) is 5.91 Å². The number of nitrogens with two attached hydrogens (primary N) is 1. The quantitative estimate of drug-likeness (QED) is 0.349. The minimum atomic E-state index is -4.65. The average molecular weight is 462 g/mol. The van der Waals surface area contributed by atoms with Gasteiger partial charge in [0.15, 0.2) is 0 Å². The molecule has 2 aromatic carbocycles. The highest BCUT2D eigenvalue weighted by molar-refractivity contribution is 6.04. The number of halogens is 3. The summed E-state index contributed by atoms with van der Waals surface area (Å²) < 4.78 is 40.4. The van der Waals surface area contributed by atoms with Crippen molar-refractivity contribution in [3.63, 3.8) is 0 Å². The van der Waals surface area contributed by atoms with Crippen LogP contribution in [0.1, 0.15) is 32.6 Å². The zero-order valence-electron chi connectivity index (χ0n) is 18.3. The Balaban J connectivity index is 1.56. The van der Waals surface area contributed by atoms with Gasteiger partial charge in [-0.15, -0.1) is 0 Å².